The van der Waals surface area contributed by atoms with E-state index in [0.29, 0.717) is 36.8 Å². The highest BCUT2D eigenvalue weighted by Crippen LogP contribution is 2.37. The highest BCUT2D eigenvalue weighted by molar-refractivity contribution is 14.1. The third kappa shape index (κ3) is 5.75. The SMILES string of the molecule is COc1cc(/C=C2\SC(=O)N(CC(=O)N3CCCCC3)C2=O)cc(I)c1OCc1ccccc1. The van der Waals surface area contributed by atoms with Crippen molar-refractivity contribution in [1.29, 1.82) is 0 Å². The fraction of sp³-hybridized carbons (Fsp3) is 0.320. The summed E-state index contributed by atoms with van der Waals surface area (Å²) in [7, 11) is 1.56. The van der Waals surface area contributed by atoms with Crippen LogP contribution in [0.3, 0.4) is 0 Å². The topological polar surface area (TPSA) is 76.2 Å². The summed E-state index contributed by atoms with van der Waals surface area (Å²) in [6.45, 7) is 1.55. The molecule has 0 unspecified atom stereocenters. The predicted molar refractivity (Wildman–Crippen MR) is 140 cm³/mol. The Morgan fingerprint density at radius 3 is 2.56 bits per heavy atom. The molecule has 2 aromatic rings. The maximum absolute atomic E-state index is 12.9. The van der Waals surface area contributed by atoms with Crippen LogP contribution >= 0.6 is 34.4 Å². The first-order valence-electron chi connectivity index (χ1n) is 11.0. The number of nitrogens with zero attached hydrogens (tertiary/aromatic N) is 2. The van der Waals surface area contributed by atoms with Crippen molar-refractivity contribution in [3.8, 4) is 11.5 Å². The molecule has 0 spiro atoms. The van der Waals surface area contributed by atoms with E-state index in [1.807, 2.05) is 36.4 Å². The summed E-state index contributed by atoms with van der Waals surface area (Å²) in [5.74, 6) is 0.524. The quantitative estimate of drug-likeness (QED) is 0.336. The maximum atomic E-state index is 12.9. The summed E-state index contributed by atoms with van der Waals surface area (Å²) in [5, 5.41) is -0.425. The fourth-order valence-electron chi connectivity index (χ4n) is 3.86. The van der Waals surface area contributed by atoms with Crippen LogP contribution in [0.1, 0.15) is 30.4 Å². The number of thioether (sulfide) groups is 1. The van der Waals surface area contributed by atoms with Gasteiger partial charge >= 0.3 is 0 Å². The summed E-state index contributed by atoms with van der Waals surface area (Å²) in [6.07, 6.45) is 4.67. The summed E-state index contributed by atoms with van der Waals surface area (Å²) in [5.41, 5.74) is 1.75. The van der Waals surface area contributed by atoms with Crippen molar-refractivity contribution >= 4 is 57.5 Å². The number of carbonyl (C=O) groups excluding carboxylic acids is 3. The van der Waals surface area contributed by atoms with E-state index in [2.05, 4.69) is 22.6 Å². The number of carbonyl (C=O) groups is 3. The van der Waals surface area contributed by atoms with Crippen molar-refractivity contribution in [3.63, 3.8) is 0 Å². The molecule has 0 N–H and O–H groups in total. The number of rotatable bonds is 7. The number of hydrogen-bond donors (Lipinski definition) is 0. The molecule has 2 aromatic carbocycles. The molecule has 0 bridgehead atoms. The minimum atomic E-state index is -0.446. The Morgan fingerprint density at radius 2 is 1.85 bits per heavy atom. The highest BCUT2D eigenvalue weighted by Gasteiger charge is 2.37. The molecule has 34 heavy (non-hydrogen) atoms. The van der Waals surface area contributed by atoms with Gasteiger partial charge in [0.05, 0.1) is 15.6 Å². The maximum Gasteiger partial charge on any atom is 0.294 e. The monoisotopic (exact) mass is 592 g/mol. The molecule has 7 nitrogen and oxygen atoms in total. The summed E-state index contributed by atoms with van der Waals surface area (Å²) >= 11 is 3.01. The zero-order valence-electron chi connectivity index (χ0n) is 18.8. The van der Waals surface area contributed by atoms with Gasteiger partial charge in [-0.25, -0.2) is 0 Å². The van der Waals surface area contributed by atoms with Crippen molar-refractivity contribution < 1.29 is 23.9 Å². The number of likely N-dealkylation sites (tertiary alicyclic amines) is 1. The molecule has 3 amide bonds. The summed E-state index contributed by atoms with van der Waals surface area (Å²) in [6, 6.07) is 13.5. The lowest BCUT2D eigenvalue weighted by Gasteiger charge is -2.27. The number of hydrogen-bond acceptors (Lipinski definition) is 6. The number of ether oxygens (including phenoxy) is 2. The fourth-order valence-corrected chi connectivity index (χ4v) is 5.48. The second kappa shape index (κ2) is 11.3. The van der Waals surface area contributed by atoms with Gasteiger partial charge in [0.25, 0.3) is 11.1 Å². The Morgan fingerprint density at radius 1 is 1.12 bits per heavy atom. The van der Waals surface area contributed by atoms with Gasteiger partial charge in [0.2, 0.25) is 5.91 Å². The van der Waals surface area contributed by atoms with E-state index in [9.17, 15) is 14.4 Å². The Balaban J connectivity index is 1.48. The molecule has 0 saturated carbocycles. The number of methoxy groups -OCH3 is 1. The van der Waals surface area contributed by atoms with Gasteiger partial charge in [0.1, 0.15) is 13.2 Å². The van der Waals surface area contributed by atoms with Gasteiger partial charge in [0, 0.05) is 13.1 Å². The lowest BCUT2D eigenvalue weighted by molar-refractivity contribution is -0.136. The minimum Gasteiger partial charge on any atom is -0.493 e. The second-order valence-corrected chi connectivity index (χ2v) is 10.2. The van der Waals surface area contributed by atoms with Crippen LogP contribution in [0.25, 0.3) is 6.08 Å². The smallest absolute Gasteiger partial charge is 0.294 e. The Kier molecular flexibility index (Phi) is 8.15. The van der Waals surface area contributed by atoms with Crippen LogP contribution in [-0.4, -0.2) is 53.6 Å². The molecule has 0 atom stereocenters. The lowest BCUT2D eigenvalue weighted by Crippen LogP contribution is -2.44. The van der Waals surface area contributed by atoms with Gasteiger partial charge in [-0.05, 0) is 83.0 Å². The van der Waals surface area contributed by atoms with E-state index in [-0.39, 0.29) is 17.4 Å². The number of imide groups is 1. The van der Waals surface area contributed by atoms with Crippen molar-refractivity contribution in [2.75, 3.05) is 26.7 Å². The lowest BCUT2D eigenvalue weighted by atomic mass is 10.1. The van der Waals surface area contributed by atoms with Gasteiger partial charge in [-0.3, -0.25) is 19.3 Å². The molecule has 2 aliphatic heterocycles. The molecule has 0 aromatic heterocycles. The van der Waals surface area contributed by atoms with Crippen LogP contribution in [-0.2, 0) is 16.2 Å². The van der Waals surface area contributed by atoms with Crippen LogP contribution in [0.2, 0.25) is 0 Å². The van der Waals surface area contributed by atoms with Gasteiger partial charge in [-0.1, -0.05) is 30.3 Å². The minimum absolute atomic E-state index is 0.181. The number of amides is 3. The van der Waals surface area contributed by atoms with E-state index in [1.54, 1.807) is 24.2 Å². The molecular formula is C25H25IN2O5S. The van der Waals surface area contributed by atoms with Gasteiger partial charge in [0.15, 0.2) is 11.5 Å². The van der Waals surface area contributed by atoms with Crippen LogP contribution in [0, 0.1) is 3.57 Å². The van der Waals surface area contributed by atoms with E-state index in [4.69, 9.17) is 9.47 Å². The molecule has 0 radical (unpaired) electrons. The average molecular weight is 592 g/mol. The first-order valence-corrected chi connectivity index (χ1v) is 12.9. The first kappa shape index (κ1) is 24.6. The standard InChI is InChI=1S/C25H25IN2O5S/c1-32-20-13-18(12-19(26)23(20)33-16-17-8-4-2-5-9-17)14-21-24(30)28(25(31)34-21)15-22(29)27-10-6-3-7-11-27/h2,4-5,8-9,12-14H,3,6-7,10-11,15-16H2,1H3/b21-14-. The molecule has 178 valence electrons. The third-order valence-electron chi connectivity index (χ3n) is 5.65. The second-order valence-electron chi connectivity index (χ2n) is 8.02. The van der Waals surface area contributed by atoms with E-state index in [1.165, 1.54) is 0 Å². The third-order valence-corrected chi connectivity index (χ3v) is 7.36. The normalized spacial score (nSPS) is 17.4. The van der Waals surface area contributed by atoms with Crippen molar-refractivity contribution in [3.05, 3.63) is 62.1 Å². The average Bonchev–Trinajstić information content (AvgIpc) is 3.11. The first-order chi connectivity index (χ1) is 16.5. The van der Waals surface area contributed by atoms with Gasteiger partial charge in [-0.2, -0.15) is 0 Å². The molecule has 4 rings (SSSR count). The van der Waals surface area contributed by atoms with Crippen molar-refractivity contribution in [2.45, 2.75) is 25.9 Å². The number of benzene rings is 2. The van der Waals surface area contributed by atoms with E-state index < -0.39 is 11.1 Å². The molecule has 2 heterocycles. The van der Waals surface area contributed by atoms with Gasteiger partial charge < -0.3 is 14.4 Å². The van der Waals surface area contributed by atoms with Crippen LogP contribution in [0.15, 0.2) is 47.4 Å². The summed E-state index contributed by atoms with van der Waals surface area (Å²) in [4.78, 5) is 41.0. The van der Waals surface area contributed by atoms with Crippen molar-refractivity contribution in [2.24, 2.45) is 0 Å². The van der Waals surface area contributed by atoms with Crippen LogP contribution in [0.4, 0.5) is 4.79 Å². The summed E-state index contributed by atoms with van der Waals surface area (Å²) < 4.78 is 12.3. The zero-order chi connectivity index (χ0) is 24.1. The van der Waals surface area contributed by atoms with Gasteiger partial charge in [-0.15, -0.1) is 0 Å². The van der Waals surface area contributed by atoms with Crippen LogP contribution in [0.5, 0.6) is 11.5 Å². The largest absolute Gasteiger partial charge is 0.493 e. The molecule has 9 heteroatoms. The Labute approximate surface area is 216 Å². The molecule has 2 saturated heterocycles. The molecule has 2 aliphatic rings. The number of piperidine rings is 1. The van der Waals surface area contributed by atoms with Crippen LogP contribution < -0.4 is 9.47 Å². The number of halogens is 1. The molecule has 2 fully saturated rings. The zero-order valence-corrected chi connectivity index (χ0v) is 21.8. The molecular weight excluding hydrogens is 567 g/mol. The highest BCUT2D eigenvalue weighted by atomic mass is 127. The Bertz CT molecular complexity index is 1120. The predicted octanol–water partition coefficient (Wildman–Crippen LogP) is 4.93. The Hall–Kier alpha value is -2.53. The van der Waals surface area contributed by atoms with Crippen molar-refractivity contribution in [1.82, 2.24) is 9.80 Å². The van der Waals surface area contributed by atoms with E-state index >= 15 is 0 Å². The molecule has 0 aliphatic carbocycles. The van der Waals surface area contributed by atoms with E-state index in [0.717, 1.165) is 45.1 Å².